The Labute approximate surface area is 141 Å². The van der Waals surface area contributed by atoms with Crippen LogP contribution in [0.4, 0.5) is 32.0 Å². The predicted octanol–water partition coefficient (Wildman–Crippen LogP) is 4.73. The zero-order chi connectivity index (χ0) is 19.0. The number of alkyl halides is 6. The standard InChI is InChI=1S/C14H8ClF6N3O/c1-6-2-10(24-12(15)22-6)11(25)23-9-4-7(13(16,17)18)3-8(5-9)14(19,20)21/h2-5H,1H3,(H,23,25). The molecule has 134 valence electrons. The topological polar surface area (TPSA) is 54.9 Å². The van der Waals surface area contributed by atoms with E-state index in [2.05, 4.69) is 9.97 Å². The molecule has 1 aromatic heterocycles. The van der Waals surface area contributed by atoms with E-state index in [1.165, 1.54) is 13.0 Å². The largest absolute Gasteiger partial charge is 0.416 e. The second-order valence-corrected chi connectivity index (χ2v) is 5.25. The Morgan fingerprint density at radius 3 is 1.92 bits per heavy atom. The van der Waals surface area contributed by atoms with Gasteiger partial charge in [0.15, 0.2) is 0 Å². The number of aryl methyl sites for hydroxylation is 1. The number of amides is 1. The van der Waals surface area contributed by atoms with Crippen molar-refractivity contribution in [3.8, 4) is 0 Å². The first-order valence-electron chi connectivity index (χ1n) is 6.48. The number of carbonyl (C=O) groups excluding carboxylic acids is 1. The van der Waals surface area contributed by atoms with Gasteiger partial charge in [-0.1, -0.05) is 0 Å². The fourth-order valence-corrected chi connectivity index (χ4v) is 2.10. The first-order valence-corrected chi connectivity index (χ1v) is 6.86. The van der Waals surface area contributed by atoms with Crippen LogP contribution in [0.15, 0.2) is 24.3 Å². The monoisotopic (exact) mass is 383 g/mol. The van der Waals surface area contributed by atoms with E-state index in [9.17, 15) is 31.1 Å². The number of benzene rings is 1. The number of aromatic nitrogens is 2. The maximum absolute atomic E-state index is 12.8. The lowest BCUT2D eigenvalue weighted by atomic mass is 10.1. The minimum absolute atomic E-state index is 0.0403. The summed E-state index contributed by atoms with van der Waals surface area (Å²) in [6.07, 6.45) is -10.0. The Morgan fingerprint density at radius 1 is 0.960 bits per heavy atom. The van der Waals surface area contributed by atoms with Crippen molar-refractivity contribution < 1.29 is 31.1 Å². The molecule has 1 amide bonds. The summed E-state index contributed by atoms with van der Waals surface area (Å²) in [5.41, 5.74) is -3.78. The number of nitrogens with one attached hydrogen (secondary N) is 1. The molecular formula is C14H8ClF6N3O. The highest BCUT2D eigenvalue weighted by Crippen LogP contribution is 2.37. The molecule has 0 aliphatic rings. The fourth-order valence-electron chi connectivity index (χ4n) is 1.87. The lowest BCUT2D eigenvalue weighted by molar-refractivity contribution is -0.143. The highest BCUT2D eigenvalue weighted by molar-refractivity contribution is 6.28. The van der Waals surface area contributed by atoms with Crippen molar-refractivity contribution in [3.05, 3.63) is 52.1 Å². The van der Waals surface area contributed by atoms with E-state index < -0.39 is 35.1 Å². The zero-order valence-corrected chi connectivity index (χ0v) is 13.0. The highest BCUT2D eigenvalue weighted by atomic mass is 35.5. The molecule has 0 spiro atoms. The second kappa shape index (κ2) is 6.51. The summed E-state index contributed by atoms with van der Waals surface area (Å²) in [5, 5.41) is 1.66. The first kappa shape index (κ1) is 19.0. The molecule has 11 heteroatoms. The van der Waals surface area contributed by atoms with Crippen molar-refractivity contribution in [3.63, 3.8) is 0 Å². The minimum atomic E-state index is -5.02. The number of rotatable bonds is 2. The normalized spacial score (nSPS) is 12.2. The predicted molar refractivity (Wildman–Crippen MR) is 76.2 cm³/mol. The molecule has 2 aromatic rings. The van der Waals surface area contributed by atoms with Crippen molar-refractivity contribution >= 4 is 23.2 Å². The van der Waals surface area contributed by atoms with Crippen LogP contribution < -0.4 is 5.32 Å². The summed E-state index contributed by atoms with van der Waals surface area (Å²) in [5.74, 6) is -1.03. The molecule has 0 saturated heterocycles. The van der Waals surface area contributed by atoms with Gasteiger partial charge < -0.3 is 5.32 Å². The van der Waals surface area contributed by atoms with E-state index in [-0.39, 0.29) is 17.0 Å². The third kappa shape index (κ3) is 4.81. The molecular weight excluding hydrogens is 376 g/mol. The summed E-state index contributed by atoms with van der Waals surface area (Å²) >= 11 is 5.57. The molecule has 1 N–H and O–H groups in total. The van der Waals surface area contributed by atoms with Crippen molar-refractivity contribution in [1.29, 1.82) is 0 Å². The van der Waals surface area contributed by atoms with Gasteiger partial charge in [0.25, 0.3) is 5.91 Å². The number of nitrogens with zero attached hydrogens (tertiary/aromatic N) is 2. The van der Waals surface area contributed by atoms with E-state index in [1.807, 2.05) is 5.32 Å². The van der Waals surface area contributed by atoms with Crippen LogP contribution in [0.2, 0.25) is 5.28 Å². The van der Waals surface area contributed by atoms with Gasteiger partial charge in [-0.25, -0.2) is 9.97 Å². The van der Waals surface area contributed by atoms with Crippen molar-refractivity contribution in [2.24, 2.45) is 0 Å². The Hall–Kier alpha value is -2.36. The third-order valence-corrected chi connectivity index (χ3v) is 3.07. The minimum Gasteiger partial charge on any atom is -0.321 e. The molecule has 1 aromatic carbocycles. The zero-order valence-electron chi connectivity index (χ0n) is 12.3. The Balaban J connectivity index is 2.42. The van der Waals surface area contributed by atoms with Crippen molar-refractivity contribution in [1.82, 2.24) is 9.97 Å². The van der Waals surface area contributed by atoms with Crippen LogP contribution in [-0.2, 0) is 12.4 Å². The number of halogens is 7. The highest BCUT2D eigenvalue weighted by Gasteiger charge is 2.37. The Kier molecular flexibility index (Phi) is 4.94. The average Bonchev–Trinajstić information content (AvgIpc) is 2.44. The lowest BCUT2D eigenvalue weighted by Gasteiger charge is -2.14. The van der Waals surface area contributed by atoms with Crippen LogP contribution in [0.25, 0.3) is 0 Å². The molecule has 0 unspecified atom stereocenters. The average molecular weight is 384 g/mol. The fraction of sp³-hybridized carbons (Fsp3) is 0.214. The van der Waals surface area contributed by atoms with Crippen molar-refractivity contribution in [2.75, 3.05) is 5.32 Å². The van der Waals surface area contributed by atoms with Crippen LogP contribution in [-0.4, -0.2) is 15.9 Å². The van der Waals surface area contributed by atoms with Crippen LogP contribution in [0.3, 0.4) is 0 Å². The van der Waals surface area contributed by atoms with E-state index in [0.717, 1.165) is 0 Å². The van der Waals surface area contributed by atoms with Crippen LogP contribution in [0.5, 0.6) is 0 Å². The Morgan fingerprint density at radius 2 is 1.48 bits per heavy atom. The number of anilines is 1. The van der Waals surface area contributed by atoms with Crippen LogP contribution in [0.1, 0.15) is 27.3 Å². The van der Waals surface area contributed by atoms with Gasteiger partial charge in [0.1, 0.15) is 5.69 Å². The van der Waals surface area contributed by atoms with E-state index in [4.69, 9.17) is 11.6 Å². The van der Waals surface area contributed by atoms with Gasteiger partial charge >= 0.3 is 12.4 Å². The van der Waals surface area contributed by atoms with E-state index in [1.54, 1.807) is 0 Å². The molecule has 4 nitrogen and oxygen atoms in total. The molecule has 0 atom stereocenters. The molecule has 25 heavy (non-hydrogen) atoms. The molecule has 0 saturated carbocycles. The summed E-state index contributed by atoms with van der Waals surface area (Å²) in [7, 11) is 0. The van der Waals surface area contributed by atoms with Crippen LogP contribution in [0, 0.1) is 6.92 Å². The molecule has 1 heterocycles. The van der Waals surface area contributed by atoms with Gasteiger partial charge in [-0.3, -0.25) is 4.79 Å². The quantitative estimate of drug-likeness (QED) is 0.602. The maximum atomic E-state index is 12.8. The molecule has 0 aliphatic heterocycles. The van der Waals surface area contributed by atoms with E-state index >= 15 is 0 Å². The Bertz CT molecular complexity index is 767. The number of hydrogen-bond donors (Lipinski definition) is 1. The van der Waals surface area contributed by atoms with Gasteiger partial charge in [-0.15, -0.1) is 0 Å². The van der Waals surface area contributed by atoms with Gasteiger partial charge in [-0.05, 0) is 42.8 Å². The summed E-state index contributed by atoms with van der Waals surface area (Å²) < 4.78 is 76.7. The maximum Gasteiger partial charge on any atom is 0.416 e. The number of hydrogen-bond acceptors (Lipinski definition) is 3. The summed E-state index contributed by atoms with van der Waals surface area (Å²) in [4.78, 5) is 19.3. The second-order valence-electron chi connectivity index (χ2n) is 4.91. The molecule has 2 rings (SSSR count). The smallest absolute Gasteiger partial charge is 0.321 e. The van der Waals surface area contributed by atoms with Gasteiger partial charge in [0.05, 0.1) is 11.1 Å². The van der Waals surface area contributed by atoms with E-state index in [0.29, 0.717) is 17.8 Å². The third-order valence-electron chi connectivity index (χ3n) is 2.91. The first-order chi connectivity index (χ1) is 11.4. The van der Waals surface area contributed by atoms with Gasteiger partial charge in [-0.2, -0.15) is 26.3 Å². The van der Waals surface area contributed by atoms with Crippen molar-refractivity contribution in [2.45, 2.75) is 19.3 Å². The molecule has 0 aliphatic carbocycles. The van der Waals surface area contributed by atoms with Gasteiger partial charge in [0, 0.05) is 11.4 Å². The lowest BCUT2D eigenvalue weighted by Crippen LogP contribution is -2.17. The molecule has 0 fully saturated rings. The van der Waals surface area contributed by atoms with Gasteiger partial charge in [0.2, 0.25) is 5.28 Å². The summed E-state index contributed by atoms with van der Waals surface area (Å²) in [6.45, 7) is 1.48. The van der Waals surface area contributed by atoms with Crippen LogP contribution >= 0.6 is 11.6 Å². The molecule has 0 radical (unpaired) electrons. The summed E-state index contributed by atoms with van der Waals surface area (Å²) in [6, 6.07) is 1.92. The molecule has 0 bridgehead atoms. The SMILES string of the molecule is Cc1cc(C(=O)Nc2cc(C(F)(F)F)cc(C(F)(F)F)c2)nc(Cl)n1. The number of carbonyl (C=O) groups is 1.